The van der Waals surface area contributed by atoms with Crippen LogP contribution in [-0.2, 0) is 0 Å². The lowest BCUT2D eigenvalue weighted by Gasteiger charge is -2.09. The van der Waals surface area contributed by atoms with Gasteiger partial charge in [0, 0.05) is 16.5 Å². The summed E-state index contributed by atoms with van der Waals surface area (Å²) in [6.07, 6.45) is 0. The Morgan fingerprint density at radius 3 is 2.31 bits per heavy atom. The van der Waals surface area contributed by atoms with Gasteiger partial charge in [-0.25, -0.2) is 0 Å². The number of furan rings is 1. The standard InChI is InChI=1S/C24H17BrClNO5/c1-30-19-9-7-13(11-16(19)25)22(28)23-21(15-5-3-4-6-18(15)32-23)27-24(29)14-8-10-20(31-2)17(26)12-14/h3-12H,1-2H3,(H,27,29). The van der Waals surface area contributed by atoms with Crippen LogP contribution in [0.1, 0.15) is 26.5 Å². The highest BCUT2D eigenvalue weighted by Gasteiger charge is 2.24. The van der Waals surface area contributed by atoms with Crippen molar-refractivity contribution >= 4 is 55.9 Å². The van der Waals surface area contributed by atoms with Gasteiger partial charge in [-0.3, -0.25) is 9.59 Å². The van der Waals surface area contributed by atoms with Crippen LogP contribution in [0.25, 0.3) is 11.0 Å². The third kappa shape index (κ3) is 4.09. The van der Waals surface area contributed by atoms with Gasteiger partial charge in [0.15, 0.2) is 5.76 Å². The number of ketones is 1. The summed E-state index contributed by atoms with van der Waals surface area (Å²) >= 11 is 9.55. The predicted molar refractivity (Wildman–Crippen MR) is 126 cm³/mol. The highest BCUT2D eigenvalue weighted by atomic mass is 79.9. The smallest absolute Gasteiger partial charge is 0.255 e. The molecule has 32 heavy (non-hydrogen) atoms. The first-order valence-corrected chi connectivity index (χ1v) is 10.6. The van der Waals surface area contributed by atoms with Gasteiger partial charge >= 0.3 is 0 Å². The van der Waals surface area contributed by atoms with Gasteiger partial charge in [-0.2, -0.15) is 0 Å². The summed E-state index contributed by atoms with van der Waals surface area (Å²) in [6.45, 7) is 0. The Morgan fingerprint density at radius 2 is 1.62 bits per heavy atom. The summed E-state index contributed by atoms with van der Waals surface area (Å²) in [5.74, 6) is 0.254. The molecule has 162 valence electrons. The van der Waals surface area contributed by atoms with Crippen molar-refractivity contribution in [3.05, 3.63) is 87.0 Å². The summed E-state index contributed by atoms with van der Waals surface area (Å²) in [5.41, 5.74) is 1.45. The number of hydrogen-bond acceptors (Lipinski definition) is 5. The third-order valence-corrected chi connectivity index (χ3v) is 5.78. The number of carbonyl (C=O) groups is 2. The molecule has 0 saturated carbocycles. The fourth-order valence-corrected chi connectivity index (χ4v) is 4.06. The minimum atomic E-state index is -0.439. The molecule has 1 amide bonds. The lowest BCUT2D eigenvalue weighted by Crippen LogP contribution is -2.14. The number of amides is 1. The van der Waals surface area contributed by atoms with Crippen LogP contribution in [0.2, 0.25) is 5.02 Å². The number of anilines is 1. The molecular formula is C24H17BrClNO5. The first-order valence-electron chi connectivity index (χ1n) is 9.47. The van der Waals surface area contributed by atoms with E-state index in [-0.39, 0.29) is 17.2 Å². The van der Waals surface area contributed by atoms with Crippen molar-refractivity contribution in [3.63, 3.8) is 0 Å². The van der Waals surface area contributed by atoms with Crippen molar-refractivity contribution in [3.8, 4) is 11.5 Å². The van der Waals surface area contributed by atoms with E-state index in [0.29, 0.717) is 43.1 Å². The number of benzene rings is 3. The largest absolute Gasteiger partial charge is 0.496 e. The summed E-state index contributed by atoms with van der Waals surface area (Å²) in [5, 5.41) is 3.72. The van der Waals surface area contributed by atoms with Crippen molar-refractivity contribution < 1.29 is 23.5 Å². The van der Waals surface area contributed by atoms with E-state index in [4.69, 9.17) is 25.5 Å². The maximum atomic E-state index is 13.3. The number of para-hydroxylation sites is 1. The molecule has 6 nitrogen and oxygen atoms in total. The molecule has 1 heterocycles. The normalized spacial score (nSPS) is 10.8. The van der Waals surface area contributed by atoms with Gasteiger partial charge in [0.1, 0.15) is 17.1 Å². The topological polar surface area (TPSA) is 77.8 Å². The van der Waals surface area contributed by atoms with Crippen molar-refractivity contribution in [2.45, 2.75) is 0 Å². The van der Waals surface area contributed by atoms with Crippen molar-refractivity contribution in [2.75, 3.05) is 19.5 Å². The van der Waals surface area contributed by atoms with Crippen LogP contribution in [-0.4, -0.2) is 25.9 Å². The molecule has 1 aromatic heterocycles. The number of ether oxygens (including phenoxy) is 2. The van der Waals surface area contributed by atoms with Crippen LogP contribution >= 0.6 is 27.5 Å². The molecule has 0 radical (unpaired) electrons. The quantitative estimate of drug-likeness (QED) is 0.303. The fraction of sp³-hybridized carbons (Fsp3) is 0.0833. The SMILES string of the molecule is COc1ccc(C(=O)Nc2c(C(=O)c3ccc(OC)c(Br)c3)oc3ccccc23)cc1Cl. The van der Waals surface area contributed by atoms with Gasteiger partial charge in [-0.1, -0.05) is 23.7 Å². The summed E-state index contributed by atoms with van der Waals surface area (Å²) in [4.78, 5) is 26.3. The molecule has 1 N–H and O–H groups in total. The molecule has 0 aliphatic rings. The number of rotatable bonds is 6. The number of carbonyl (C=O) groups excluding carboxylic acids is 2. The summed E-state index contributed by atoms with van der Waals surface area (Å²) in [7, 11) is 3.04. The third-order valence-electron chi connectivity index (χ3n) is 4.87. The van der Waals surface area contributed by atoms with E-state index in [1.54, 1.807) is 61.7 Å². The lowest BCUT2D eigenvalue weighted by atomic mass is 10.1. The molecule has 0 saturated heterocycles. The monoisotopic (exact) mass is 513 g/mol. The molecule has 0 aliphatic heterocycles. The van der Waals surface area contributed by atoms with E-state index in [1.165, 1.54) is 13.2 Å². The van der Waals surface area contributed by atoms with Crippen LogP contribution in [0.15, 0.2) is 69.6 Å². The van der Waals surface area contributed by atoms with Gasteiger partial charge in [0.05, 0.1) is 29.4 Å². The van der Waals surface area contributed by atoms with Crippen LogP contribution in [0, 0.1) is 0 Å². The Labute approximate surface area is 197 Å². The molecule has 0 unspecified atom stereocenters. The molecular weight excluding hydrogens is 498 g/mol. The molecule has 0 bridgehead atoms. The van der Waals surface area contributed by atoms with E-state index < -0.39 is 5.91 Å². The molecule has 8 heteroatoms. The van der Waals surface area contributed by atoms with Gasteiger partial charge in [-0.15, -0.1) is 0 Å². The van der Waals surface area contributed by atoms with Crippen molar-refractivity contribution in [1.82, 2.24) is 0 Å². The zero-order chi connectivity index (χ0) is 22.8. The van der Waals surface area contributed by atoms with Crippen LogP contribution in [0.5, 0.6) is 11.5 Å². The zero-order valence-electron chi connectivity index (χ0n) is 17.1. The Morgan fingerprint density at radius 1 is 0.938 bits per heavy atom. The second-order valence-electron chi connectivity index (χ2n) is 6.78. The highest BCUT2D eigenvalue weighted by molar-refractivity contribution is 9.10. The first-order chi connectivity index (χ1) is 15.4. The van der Waals surface area contributed by atoms with Gasteiger partial charge in [0.2, 0.25) is 5.78 Å². The second kappa shape index (κ2) is 9.06. The molecule has 0 atom stereocenters. The Hall–Kier alpha value is -3.29. The zero-order valence-corrected chi connectivity index (χ0v) is 19.4. The molecule has 4 rings (SSSR count). The Balaban J connectivity index is 1.75. The van der Waals surface area contributed by atoms with E-state index in [0.717, 1.165) is 0 Å². The maximum absolute atomic E-state index is 13.3. The van der Waals surface area contributed by atoms with E-state index in [9.17, 15) is 9.59 Å². The Kier molecular flexibility index (Phi) is 6.21. The minimum Gasteiger partial charge on any atom is -0.496 e. The number of hydrogen-bond donors (Lipinski definition) is 1. The second-order valence-corrected chi connectivity index (χ2v) is 8.05. The van der Waals surface area contributed by atoms with Crippen LogP contribution in [0.3, 0.4) is 0 Å². The summed E-state index contributed by atoms with van der Waals surface area (Å²) in [6, 6.07) is 16.7. The maximum Gasteiger partial charge on any atom is 0.255 e. The first kappa shape index (κ1) is 21.9. The highest BCUT2D eigenvalue weighted by Crippen LogP contribution is 2.35. The molecule has 0 aliphatic carbocycles. The number of nitrogens with one attached hydrogen (secondary N) is 1. The van der Waals surface area contributed by atoms with Gasteiger partial charge in [0.25, 0.3) is 5.91 Å². The van der Waals surface area contributed by atoms with E-state index in [1.807, 2.05) is 0 Å². The number of fused-ring (bicyclic) bond motifs is 1. The fourth-order valence-electron chi connectivity index (χ4n) is 3.26. The number of methoxy groups -OCH3 is 2. The van der Waals surface area contributed by atoms with Crippen molar-refractivity contribution in [1.29, 1.82) is 0 Å². The average Bonchev–Trinajstić information content (AvgIpc) is 3.16. The van der Waals surface area contributed by atoms with Crippen LogP contribution < -0.4 is 14.8 Å². The predicted octanol–water partition coefficient (Wildman–Crippen LogP) is 6.35. The van der Waals surface area contributed by atoms with Gasteiger partial charge < -0.3 is 19.2 Å². The van der Waals surface area contributed by atoms with E-state index in [2.05, 4.69) is 21.2 Å². The number of halogens is 2. The van der Waals surface area contributed by atoms with Crippen LogP contribution in [0.4, 0.5) is 5.69 Å². The van der Waals surface area contributed by atoms with Gasteiger partial charge in [-0.05, 0) is 64.5 Å². The van der Waals surface area contributed by atoms with Crippen molar-refractivity contribution in [2.24, 2.45) is 0 Å². The van der Waals surface area contributed by atoms with E-state index >= 15 is 0 Å². The Bertz CT molecular complexity index is 1350. The molecule has 0 fully saturated rings. The average molecular weight is 515 g/mol. The molecule has 0 spiro atoms. The minimum absolute atomic E-state index is 0.0243. The molecule has 3 aromatic carbocycles. The molecule has 4 aromatic rings. The lowest BCUT2D eigenvalue weighted by molar-refractivity contribution is 0.101. The summed E-state index contributed by atoms with van der Waals surface area (Å²) < 4.78 is 16.8.